The minimum absolute atomic E-state index is 0.164. The normalized spacial score (nSPS) is 12.8. The third-order valence-electron chi connectivity index (χ3n) is 2.17. The van der Waals surface area contributed by atoms with Gasteiger partial charge in [0.1, 0.15) is 0 Å². The van der Waals surface area contributed by atoms with Crippen LogP contribution in [-0.2, 0) is 0 Å². The molecule has 72 valence electrons. The van der Waals surface area contributed by atoms with Gasteiger partial charge in [0.15, 0.2) is 0 Å². The van der Waals surface area contributed by atoms with Crippen LogP contribution in [0.3, 0.4) is 0 Å². The van der Waals surface area contributed by atoms with E-state index in [1.54, 1.807) is 0 Å². The van der Waals surface area contributed by atoms with Crippen LogP contribution in [0, 0.1) is 0 Å². The summed E-state index contributed by atoms with van der Waals surface area (Å²) in [5.41, 5.74) is 7.17. The van der Waals surface area contributed by atoms with Gasteiger partial charge in [-0.15, -0.1) is 0 Å². The van der Waals surface area contributed by atoms with E-state index in [4.69, 9.17) is 17.3 Å². The molecule has 1 aromatic rings. The van der Waals surface area contributed by atoms with Crippen molar-refractivity contribution in [3.63, 3.8) is 0 Å². The molecule has 0 unspecified atom stereocenters. The lowest BCUT2D eigenvalue weighted by molar-refractivity contribution is 0.603. The Bertz CT molecular complexity index is 243. The predicted octanol–water partition coefficient (Wildman–Crippen LogP) is 3.53. The maximum Gasteiger partial charge on any atom is 0.0406 e. The standard InChI is InChI=1S/C11H16ClN/c1-2-3-4-11(13)9-5-7-10(12)8-6-9/h5-8,11H,2-4,13H2,1H3/t11-/m0/s1. The van der Waals surface area contributed by atoms with Gasteiger partial charge in [0.25, 0.3) is 0 Å². The summed E-state index contributed by atoms with van der Waals surface area (Å²) in [5, 5.41) is 0.770. The van der Waals surface area contributed by atoms with Gasteiger partial charge in [-0.05, 0) is 24.1 Å². The molecular formula is C11H16ClN. The van der Waals surface area contributed by atoms with Gasteiger partial charge in [-0.25, -0.2) is 0 Å². The van der Waals surface area contributed by atoms with Crippen LogP contribution in [-0.4, -0.2) is 0 Å². The van der Waals surface area contributed by atoms with Gasteiger partial charge in [0.2, 0.25) is 0 Å². The molecule has 0 saturated heterocycles. The highest BCUT2D eigenvalue weighted by molar-refractivity contribution is 6.30. The molecule has 0 amide bonds. The first-order chi connectivity index (χ1) is 6.24. The van der Waals surface area contributed by atoms with E-state index in [1.807, 2.05) is 24.3 Å². The smallest absolute Gasteiger partial charge is 0.0406 e. The fourth-order valence-corrected chi connectivity index (χ4v) is 1.43. The highest BCUT2D eigenvalue weighted by atomic mass is 35.5. The van der Waals surface area contributed by atoms with Crippen molar-refractivity contribution in [3.05, 3.63) is 34.9 Å². The second-order valence-electron chi connectivity index (χ2n) is 3.30. The Morgan fingerprint density at radius 1 is 1.31 bits per heavy atom. The lowest BCUT2D eigenvalue weighted by atomic mass is 10.0. The van der Waals surface area contributed by atoms with Crippen molar-refractivity contribution < 1.29 is 0 Å². The lowest BCUT2D eigenvalue weighted by Crippen LogP contribution is -2.09. The monoisotopic (exact) mass is 197 g/mol. The molecule has 0 aliphatic heterocycles. The number of hydrogen-bond donors (Lipinski definition) is 1. The molecule has 1 rings (SSSR count). The average Bonchev–Trinajstić information content (AvgIpc) is 2.15. The first kappa shape index (κ1) is 10.6. The number of halogens is 1. The van der Waals surface area contributed by atoms with E-state index in [1.165, 1.54) is 18.4 Å². The minimum atomic E-state index is 0.164. The average molecular weight is 198 g/mol. The van der Waals surface area contributed by atoms with Gasteiger partial charge in [-0.2, -0.15) is 0 Å². The largest absolute Gasteiger partial charge is 0.324 e. The molecular weight excluding hydrogens is 182 g/mol. The Hall–Kier alpha value is -0.530. The van der Waals surface area contributed by atoms with Crippen molar-refractivity contribution in [2.45, 2.75) is 32.2 Å². The van der Waals surface area contributed by atoms with Gasteiger partial charge < -0.3 is 5.73 Å². The molecule has 0 heterocycles. The van der Waals surface area contributed by atoms with E-state index in [9.17, 15) is 0 Å². The van der Waals surface area contributed by atoms with Crippen molar-refractivity contribution in [2.24, 2.45) is 5.73 Å². The van der Waals surface area contributed by atoms with Crippen molar-refractivity contribution in [1.82, 2.24) is 0 Å². The Morgan fingerprint density at radius 2 is 1.92 bits per heavy atom. The number of unbranched alkanes of at least 4 members (excludes halogenated alkanes) is 1. The fourth-order valence-electron chi connectivity index (χ4n) is 1.30. The Kier molecular flexibility index (Phi) is 4.26. The van der Waals surface area contributed by atoms with Crippen molar-refractivity contribution in [2.75, 3.05) is 0 Å². The first-order valence-electron chi connectivity index (χ1n) is 4.75. The van der Waals surface area contributed by atoms with Crippen LogP contribution >= 0.6 is 11.6 Å². The molecule has 2 heteroatoms. The van der Waals surface area contributed by atoms with Gasteiger partial charge in [0.05, 0.1) is 0 Å². The number of nitrogens with two attached hydrogens (primary N) is 1. The number of rotatable bonds is 4. The third kappa shape index (κ3) is 3.37. The van der Waals surface area contributed by atoms with Gasteiger partial charge >= 0.3 is 0 Å². The highest BCUT2D eigenvalue weighted by Gasteiger charge is 2.03. The lowest BCUT2D eigenvalue weighted by Gasteiger charge is -2.10. The maximum atomic E-state index is 5.99. The molecule has 0 saturated carbocycles. The van der Waals surface area contributed by atoms with Crippen LogP contribution in [0.25, 0.3) is 0 Å². The SMILES string of the molecule is CCCC[C@H](N)c1ccc(Cl)cc1. The summed E-state index contributed by atoms with van der Waals surface area (Å²) in [7, 11) is 0. The van der Waals surface area contributed by atoms with Crippen LogP contribution in [0.15, 0.2) is 24.3 Å². The molecule has 13 heavy (non-hydrogen) atoms. The summed E-state index contributed by atoms with van der Waals surface area (Å²) in [4.78, 5) is 0. The molecule has 0 aliphatic carbocycles. The van der Waals surface area contributed by atoms with Crippen LogP contribution in [0.1, 0.15) is 37.8 Å². The summed E-state index contributed by atoms with van der Waals surface area (Å²) in [6.45, 7) is 2.18. The van der Waals surface area contributed by atoms with Crippen LogP contribution < -0.4 is 5.73 Å². The van der Waals surface area contributed by atoms with Gasteiger partial charge in [-0.3, -0.25) is 0 Å². The first-order valence-corrected chi connectivity index (χ1v) is 5.13. The minimum Gasteiger partial charge on any atom is -0.324 e. The van der Waals surface area contributed by atoms with E-state index in [-0.39, 0.29) is 6.04 Å². The van der Waals surface area contributed by atoms with E-state index >= 15 is 0 Å². The molecule has 0 bridgehead atoms. The third-order valence-corrected chi connectivity index (χ3v) is 2.42. The van der Waals surface area contributed by atoms with Gasteiger partial charge in [-0.1, -0.05) is 43.5 Å². The summed E-state index contributed by atoms with van der Waals surface area (Å²) in [6.07, 6.45) is 3.43. The molecule has 1 aromatic carbocycles. The zero-order valence-electron chi connectivity index (χ0n) is 7.96. The molecule has 0 spiro atoms. The summed E-state index contributed by atoms with van der Waals surface area (Å²) in [6, 6.07) is 7.95. The Morgan fingerprint density at radius 3 is 2.46 bits per heavy atom. The fraction of sp³-hybridized carbons (Fsp3) is 0.455. The Labute approximate surface area is 84.9 Å². The molecule has 0 aliphatic rings. The van der Waals surface area contributed by atoms with E-state index < -0.39 is 0 Å². The van der Waals surface area contributed by atoms with Crippen molar-refractivity contribution in [1.29, 1.82) is 0 Å². The molecule has 0 aromatic heterocycles. The zero-order chi connectivity index (χ0) is 9.68. The molecule has 1 atom stereocenters. The van der Waals surface area contributed by atoms with E-state index in [0.29, 0.717) is 0 Å². The maximum absolute atomic E-state index is 5.99. The Balaban J connectivity index is 2.55. The molecule has 1 nitrogen and oxygen atoms in total. The van der Waals surface area contributed by atoms with Crippen LogP contribution in [0.4, 0.5) is 0 Å². The molecule has 0 radical (unpaired) electrons. The van der Waals surface area contributed by atoms with Crippen LogP contribution in [0.2, 0.25) is 5.02 Å². The zero-order valence-corrected chi connectivity index (χ0v) is 8.72. The quantitative estimate of drug-likeness (QED) is 0.785. The van der Waals surface area contributed by atoms with Gasteiger partial charge in [0, 0.05) is 11.1 Å². The van der Waals surface area contributed by atoms with Crippen LogP contribution in [0.5, 0.6) is 0 Å². The highest BCUT2D eigenvalue weighted by Crippen LogP contribution is 2.18. The molecule has 2 N–H and O–H groups in total. The second kappa shape index (κ2) is 5.25. The number of hydrogen-bond acceptors (Lipinski definition) is 1. The number of benzene rings is 1. The predicted molar refractivity (Wildman–Crippen MR) is 57.9 cm³/mol. The molecule has 0 fully saturated rings. The van der Waals surface area contributed by atoms with E-state index in [0.717, 1.165) is 11.4 Å². The van der Waals surface area contributed by atoms with Crippen molar-refractivity contribution >= 4 is 11.6 Å². The second-order valence-corrected chi connectivity index (χ2v) is 3.74. The summed E-state index contributed by atoms with van der Waals surface area (Å²) >= 11 is 5.78. The summed E-state index contributed by atoms with van der Waals surface area (Å²) < 4.78 is 0. The van der Waals surface area contributed by atoms with Crippen molar-refractivity contribution in [3.8, 4) is 0 Å². The van der Waals surface area contributed by atoms with E-state index in [2.05, 4.69) is 6.92 Å². The summed E-state index contributed by atoms with van der Waals surface area (Å²) in [5.74, 6) is 0. The topological polar surface area (TPSA) is 26.0 Å².